The third kappa shape index (κ3) is 5.09. The van der Waals surface area contributed by atoms with Crippen molar-refractivity contribution in [2.45, 2.75) is 38.7 Å². The summed E-state index contributed by atoms with van der Waals surface area (Å²) in [6.07, 6.45) is 2.14. The highest BCUT2D eigenvalue weighted by Gasteiger charge is 2.29. The van der Waals surface area contributed by atoms with Gasteiger partial charge in [-0.05, 0) is 24.7 Å². The zero-order chi connectivity index (χ0) is 15.1. The fourth-order valence-electron chi connectivity index (χ4n) is 2.73. The Labute approximate surface area is 120 Å². The van der Waals surface area contributed by atoms with E-state index in [0.29, 0.717) is 19.5 Å². The highest BCUT2D eigenvalue weighted by molar-refractivity contribution is 5.76. The molecule has 0 aromatic heterocycles. The fourth-order valence-corrected chi connectivity index (χ4v) is 2.73. The summed E-state index contributed by atoms with van der Waals surface area (Å²) in [5, 5.41) is 8.86. The summed E-state index contributed by atoms with van der Waals surface area (Å²) < 4.78 is 5.14. The topological polar surface area (TPSA) is 92.9 Å². The second-order valence-electron chi connectivity index (χ2n) is 5.61. The maximum atomic E-state index is 12.2. The number of carbonyl (C=O) groups excluding carboxylic acids is 1. The smallest absolute Gasteiger partial charge is 0.303 e. The van der Waals surface area contributed by atoms with Crippen molar-refractivity contribution in [3.63, 3.8) is 0 Å². The van der Waals surface area contributed by atoms with E-state index in [1.165, 1.54) is 0 Å². The minimum Gasteiger partial charge on any atom is -0.481 e. The number of methoxy groups -OCH3 is 1. The van der Waals surface area contributed by atoms with Crippen molar-refractivity contribution in [1.82, 2.24) is 4.90 Å². The molecule has 0 radical (unpaired) electrons. The lowest BCUT2D eigenvalue weighted by molar-refractivity contribution is -0.139. The Balaban J connectivity index is 2.51. The normalized spacial score (nSPS) is 22.4. The summed E-state index contributed by atoms with van der Waals surface area (Å²) in [7, 11) is 1.55. The number of nitrogens with two attached hydrogens (primary N) is 1. The Bertz CT molecular complexity index is 331. The van der Waals surface area contributed by atoms with Gasteiger partial charge in [0, 0.05) is 33.2 Å². The molecule has 0 aliphatic carbocycles. The number of carboxylic acids is 1. The van der Waals surface area contributed by atoms with Crippen LogP contribution in [0.3, 0.4) is 0 Å². The Kier molecular flexibility index (Phi) is 6.95. The molecule has 3 N–H and O–H groups in total. The number of piperidine rings is 1. The molecule has 3 atom stereocenters. The second-order valence-corrected chi connectivity index (χ2v) is 5.61. The van der Waals surface area contributed by atoms with Crippen LogP contribution in [0.5, 0.6) is 0 Å². The predicted molar refractivity (Wildman–Crippen MR) is 75.2 cm³/mol. The van der Waals surface area contributed by atoms with Crippen molar-refractivity contribution in [3.8, 4) is 0 Å². The molecule has 1 fully saturated rings. The van der Waals surface area contributed by atoms with Crippen LogP contribution in [0.1, 0.15) is 32.6 Å². The van der Waals surface area contributed by atoms with E-state index in [1.54, 1.807) is 7.11 Å². The van der Waals surface area contributed by atoms with Gasteiger partial charge < -0.3 is 20.5 Å². The van der Waals surface area contributed by atoms with Gasteiger partial charge in [0.05, 0.1) is 12.5 Å². The van der Waals surface area contributed by atoms with Crippen LogP contribution < -0.4 is 5.73 Å². The molecule has 1 amide bonds. The minimum atomic E-state index is -0.775. The first-order valence-electron chi connectivity index (χ1n) is 7.20. The van der Waals surface area contributed by atoms with Crippen LogP contribution in [0, 0.1) is 11.8 Å². The fraction of sp³-hybridized carbons (Fsp3) is 0.857. The molecule has 1 saturated heterocycles. The van der Waals surface area contributed by atoms with Crippen molar-refractivity contribution in [3.05, 3.63) is 0 Å². The Morgan fingerprint density at radius 2 is 2.15 bits per heavy atom. The van der Waals surface area contributed by atoms with Crippen LogP contribution in [0.4, 0.5) is 0 Å². The molecule has 20 heavy (non-hydrogen) atoms. The number of rotatable bonds is 7. The van der Waals surface area contributed by atoms with Crippen molar-refractivity contribution >= 4 is 11.9 Å². The number of ether oxygens (including phenoxy) is 1. The number of likely N-dealkylation sites (tertiary alicyclic amines) is 1. The summed E-state index contributed by atoms with van der Waals surface area (Å²) in [5.74, 6) is -0.364. The molecule has 0 aromatic carbocycles. The summed E-state index contributed by atoms with van der Waals surface area (Å²) in [6.45, 7) is 3.67. The summed E-state index contributed by atoms with van der Waals surface area (Å²) >= 11 is 0. The molecular formula is C14H26N2O4. The predicted octanol–water partition coefficient (Wildman–Crippen LogP) is 0.700. The molecule has 0 saturated carbocycles. The Morgan fingerprint density at radius 1 is 1.45 bits per heavy atom. The van der Waals surface area contributed by atoms with E-state index in [-0.39, 0.29) is 30.3 Å². The van der Waals surface area contributed by atoms with Gasteiger partial charge in [0.25, 0.3) is 0 Å². The number of carboxylic acid groups (broad SMARTS) is 1. The second kappa shape index (κ2) is 8.21. The van der Waals surface area contributed by atoms with E-state index < -0.39 is 5.97 Å². The number of carbonyl (C=O) groups is 2. The quantitative estimate of drug-likeness (QED) is 0.718. The van der Waals surface area contributed by atoms with E-state index >= 15 is 0 Å². The van der Waals surface area contributed by atoms with Crippen LogP contribution >= 0.6 is 0 Å². The summed E-state index contributed by atoms with van der Waals surface area (Å²) in [6, 6.07) is 0. The van der Waals surface area contributed by atoms with Crippen LogP contribution in [0.15, 0.2) is 0 Å². The Morgan fingerprint density at radius 3 is 2.70 bits per heavy atom. The Hall–Kier alpha value is -1.14. The number of amides is 1. The zero-order valence-corrected chi connectivity index (χ0v) is 12.4. The molecule has 1 heterocycles. The minimum absolute atomic E-state index is 0.0505. The molecule has 116 valence electrons. The van der Waals surface area contributed by atoms with E-state index in [2.05, 4.69) is 0 Å². The molecule has 0 bridgehead atoms. The molecule has 3 unspecified atom stereocenters. The van der Waals surface area contributed by atoms with Crippen molar-refractivity contribution in [2.24, 2.45) is 17.6 Å². The molecular weight excluding hydrogens is 260 g/mol. The first kappa shape index (κ1) is 16.9. The van der Waals surface area contributed by atoms with Crippen LogP contribution in [0.25, 0.3) is 0 Å². The molecule has 0 aromatic rings. The van der Waals surface area contributed by atoms with Crippen LogP contribution in [-0.4, -0.2) is 54.7 Å². The molecule has 1 rings (SSSR count). The standard InChI is InChI=1S/C14H26N2O4/c1-10(6-14(18)19)11-4-3-5-16(9-11)13(17)7-12(8-15)20-2/h10-12H,3-9,15H2,1-2H3,(H,18,19). The van der Waals surface area contributed by atoms with Gasteiger partial charge in [-0.15, -0.1) is 0 Å². The van der Waals surface area contributed by atoms with Crippen molar-refractivity contribution in [2.75, 3.05) is 26.7 Å². The van der Waals surface area contributed by atoms with Gasteiger partial charge in [-0.2, -0.15) is 0 Å². The highest BCUT2D eigenvalue weighted by Crippen LogP contribution is 2.26. The average molecular weight is 286 g/mol. The van der Waals surface area contributed by atoms with Gasteiger partial charge in [-0.1, -0.05) is 6.92 Å². The highest BCUT2D eigenvalue weighted by atomic mass is 16.5. The first-order valence-corrected chi connectivity index (χ1v) is 7.20. The van der Waals surface area contributed by atoms with Gasteiger partial charge >= 0.3 is 5.97 Å². The van der Waals surface area contributed by atoms with Gasteiger partial charge in [0.2, 0.25) is 5.91 Å². The van der Waals surface area contributed by atoms with Gasteiger partial charge in [0.15, 0.2) is 0 Å². The average Bonchev–Trinajstić information content (AvgIpc) is 2.43. The molecule has 6 nitrogen and oxygen atoms in total. The number of nitrogens with zero attached hydrogens (tertiary/aromatic N) is 1. The van der Waals surface area contributed by atoms with Crippen molar-refractivity contribution in [1.29, 1.82) is 0 Å². The van der Waals surface area contributed by atoms with Crippen molar-refractivity contribution < 1.29 is 19.4 Å². The molecule has 1 aliphatic rings. The monoisotopic (exact) mass is 286 g/mol. The van der Waals surface area contributed by atoms with E-state index in [0.717, 1.165) is 19.4 Å². The van der Waals surface area contributed by atoms with Crippen LogP contribution in [-0.2, 0) is 14.3 Å². The maximum Gasteiger partial charge on any atom is 0.303 e. The first-order chi connectivity index (χ1) is 9.47. The largest absolute Gasteiger partial charge is 0.481 e. The van der Waals surface area contributed by atoms with E-state index in [9.17, 15) is 9.59 Å². The van der Waals surface area contributed by atoms with Crippen LogP contribution in [0.2, 0.25) is 0 Å². The summed E-state index contributed by atoms with van der Waals surface area (Å²) in [5.41, 5.74) is 5.53. The van der Waals surface area contributed by atoms with Gasteiger partial charge in [-0.3, -0.25) is 9.59 Å². The zero-order valence-electron chi connectivity index (χ0n) is 12.4. The number of hydrogen-bond donors (Lipinski definition) is 2. The summed E-state index contributed by atoms with van der Waals surface area (Å²) in [4.78, 5) is 24.8. The lowest BCUT2D eigenvalue weighted by atomic mass is 9.84. The molecule has 1 aliphatic heterocycles. The number of aliphatic carboxylic acids is 1. The number of hydrogen-bond acceptors (Lipinski definition) is 4. The van der Waals surface area contributed by atoms with E-state index in [4.69, 9.17) is 15.6 Å². The third-order valence-corrected chi connectivity index (χ3v) is 4.11. The molecule has 6 heteroatoms. The van der Waals surface area contributed by atoms with Gasteiger partial charge in [-0.25, -0.2) is 0 Å². The van der Waals surface area contributed by atoms with E-state index in [1.807, 2.05) is 11.8 Å². The lowest BCUT2D eigenvalue weighted by Gasteiger charge is -2.36. The lowest BCUT2D eigenvalue weighted by Crippen LogP contribution is -2.43. The molecule has 0 spiro atoms. The SMILES string of the molecule is COC(CN)CC(=O)N1CCCC(C(C)CC(=O)O)C1. The van der Waals surface area contributed by atoms with Gasteiger partial charge in [0.1, 0.15) is 0 Å². The maximum absolute atomic E-state index is 12.2. The third-order valence-electron chi connectivity index (χ3n) is 4.11.